The van der Waals surface area contributed by atoms with E-state index < -0.39 is 6.04 Å². The van der Waals surface area contributed by atoms with Gasteiger partial charge >= 0.3 is 5.97 Å². The second-order valence-electron chi connectivity index (χ2n) is 6.56. The number of hydrogen-bond acceptors (Lipinski definition) is 6. The summed E-state index contributed by atoms with van der Waals surface area (Å²) in [5.74, 6) is 0.582. The highest BCUT2D eigenvalue weighted by atomic mass is 35.5. The first-order valence-corrected chi connectivity index (χ1v) is 8.86. The van der Waals surface area contributed by atoms with Crippen LogP contribution in [0.4, 0.5) is 5.82 Å². The third-order valence-electron chi connectivity index (χ3n) is 4.39. The van der Waals surface area contributed by atoms with Gasteiger partial charge in [0, 0.05) is 32.4 Å². The molecule has 26 heavy (non-hydrogen) atoms. The van der Waals surface area contributed by atoms with Crippen molar-refractivity contribution in [2.75, 3.05) is 37.7 Å². The van der Waals surface area contributed by atoms with Gasteiger partial charge in [-0.15, -0.1) is 12.4 Å². The van der Waals surface area contributed by atoms with Gasteiger partial charge in [0.15, 0.2) is 0 Å². The van der Waals surface area contributed by atoms with Crippen molar-refractivity contribution in [2.24, 2.45) is 11.7 Å². The third kappa shape index (κ3) is 5.57. The fourth-order valence-electron chi connectivity index (χ4n) is 2.77. The second kappa shape index (κ2) is 10.3. The molecule has 0 spiro atoms. The molecule has 1 amide bonds. The Morgan fingerprint density at radius 2 is 1.96 bits per heavy atom. The van der Waals surface area contributed by atoms with E-state index in [-0.39, 0.29) is 30.2 Å². The summed E-state index contributed by atoms with van der Waals surface area (Å²) in [5, 5.41) is 0. The predicted octanol–water partition coefficient (Wildman–Crippen LogP) is 1.70. The van der Waals surface area contributed by atoms with Gasteiger partial charge in [-0.05, 0) is 31.4 Å². The van der Waals surface area contributed by atoms with E-state index >= 15 is 0 Å². The zero-order valence-corrected chi connectivity index (χ0v) is 16.5. The molecule has 1 aliphatic rings. The molecule has 0 aromatic carbocycles. The first-order valence-electron chi connectivity index (χ1n) is 8.86. The zero-order chi connectivity index (χ0) is 18.4. The quantitative estimate of drug-likeness (QED) is 0.777. The highest BCUT2D eigenvalue weighted by molar-refractivity contribution is 5.89. The minimum absolute atomic E-state index is 0. The maximum Gasteiger partial charge on any atom is 0.339 e. The van der Waals surface area contributed by atoms with Crippen LogP contribution >= 0.6 is 12.4 Å². The van der Waals surface area contributed by atoms with E-state index in [2.05, 4.69) is 9.88 Å². The van der Waals surface area contributed by atoms with Crippen molar-refractivity contribution in [1.29, 1.82) is 0 Å². The molecule has 2 N–H and O–H groups in total. The lowest BCUT2D eigenvalue weighted by molar-refractivity contribution is -0.133. The topological polar surface area (TPSA) is 88.8 Å². The minimum atomic E-state index is -0.450. The second-order valence-corrected chi connectivity index (χ2v) is 6.56. The van der Waals surface area contributed by atoms with Gasteiger partial charge < -0.3 is 20.3 Å². The Hall–Kier alpha value is -1.86. The van der Waals surface area contributed by atoms with Crippen LogP contribution in [-0.4, -0.2) is 60.6 Å². The smallest absolute Gasteiger partial charge is 0.339 e. The Bertz CT molecular complexity index is 595. The van der Waals surface area contributed by atoms with Gasteiger partial charge in [0.05, 0.1) is 18.2 Å². The van der Waals surface area contributed by atoms with Crippen LogP contribution in [0, 0.1) is 5.92 Å². The molecule has 0 unspecified atom stereocenters. The van der Waals surface area contributed by atoms with Crippen LogP contribution in [0.2, 0.25) is 0 Å². The average Bonchev–Trinajstić information content (AvgIpc) is 2.87. The molecule has 2 rings (SSSR count). The molecular formula is C18H29ClN4O3. The standard InChI is InChI=1S/C18H28N4O3.ClH/c1-4-25-18(24)14-6-7-15(20-12-14)21-8-5-9-22(11-10-21)17(23)16(19)13(2)3;/h6-7,12-13,16H,4-5,8-11,19H2,1-3H3;1H/t16-;/m0./s1. The lowest BCUT2D eigenvalue weighted by Gasteiger charge is -2.26. The first-order chi connectivity index (χ1) is 11.9. The summed E-state index contributed by atoms with van der Waals surface area (Å²) in [6, 6.07) is 3.10. The van der Waals surface area contributed by atoms with Gasteiger partial charge in [-0.25, -0.2) is 9.78 Å². The molecule has 8 heteroatoms. The molecule has 1 atom stereocenters. The Balaban J connectivity index is 0.00000338. The molecular weight excluding hydrogens is 356 g/mol. The van der Waals surface area contributed by atoms with Crippen molar-refractivity contribution in [2.45, 2.75) is 33.2 Å². The molecule has 7 nitrogen and oxygen atoms in total. The fourth-order valence-corrected chi connectivity index (χ4v) is 2.77. The van der Waals surface area contributed by atoms with Crippen molar-refractivity contribution in [3.8, 4) is 0 Å². The largest absolute Gasteiger partial charge is 0.462 e. The molecule has 0 saturated carbocycles. The van der Waals surface area contributed by atoms with Crippen LogP contribution in [-0.2, 0) is 9.53 Å². The Labute approximate surface area is 161 Å². The van der Waals surface area contributed by atoms with Crippen LogP contribution in [0.25, 0.3) is 0 Å². The number of carbonyl (C=O) groups excluding carboxylic acids is 2. The number of nitrogens with two attached hydrogens (primary N) is 1. The lowest BCUT2D eigenvalue weighted by atomic mass is 10.0. The van der Waals surface area contributed by atoms with E-state index in [1.165, 1.54) is 6.20 Å². The van der Waals surface area contributed by atoms with Crippen LogP contribution < -0.4 is 10.6 Å². The molecule has 1 saturated heterocycles. The number of amides is 1. The SMILES string of the molecule is CCOC(=O)c1ccc(N2CCCN(C(=O)[C@@H](N)C(C)C)CC2)nc1.Cl. The van der Waals surface area contributed by atoms with Crippen LogP contribution in [0.1, 0.15) is 37.6 Å². The molecule has 1 aromatic heterocycles. The van der Waals surface area contributed by atoms with Crippen LogP contribution in [0.3, 0.4) is 0 Å². The van der Waals surface area contributed by atoms with E-state index in [4.69, 9.17) is 10.5 Å². The number of esters is 1. The Morgan fingerprint density at radius 1 is 1.23 bits per heavy atom. The maximum absolute atomic E-state index is 12.4. The van der Waals surface area contributed by atoms with Crippen LogP contribution in [0.5, 0.6) is 0 Å². The summed E-state index contributed by atoms with van der Waals surface area (Å²) in [5.41, 5.74) is 6.44. The average molecular weight is 385 g/mol. The number of rotatable bonds is 5. The number of carbonyl (C=O) groups is 2. The predicted molar refractivity (Wildman–Crippen MR) is 104 cm³/mol. The van der Waals surface area contributed by atoms with Crippen molar-refractivity contribution in [3.05, 3.63) is 23.9 Å². The summed E-state index contributed by atoms with van der Waals surface area (Å²) in [6.45, 7) is 8.87. The fraction of sp³-hybridized carbons (Fsp3) is 0.611. The molecule has 1 aromatic rings. The van der Waals surface area contributed by atoms with E-state index in [1.54, 1.807) is 13.0 Å². The molecule has 0 radical (unpaired) electrons. The normalized spacial score (nSPS) is 15.9. The Morgan fingerprint density at radius 3 is 2.54 bits per heavy atom. The molecule has 146 valence electrons. The van der Waals surface area contributed by atoms with Gasteiger partial charge in [-0.2, -0.15) is 0 Å². The summed E-state index contributed by atoms with van der Waals surface area (Å²) < 4.78 is 4.97. The maximum atomic E-state index is 12.4. The highest BCUT2D eigenvalue weighted by Crippen LogP contribution is 2.16. The lowest BCUT2D eigenvalue weighted by Crippen LogP contribution is -2.47. The van der Waals surface area contributed by atoms with Gasteiger partial charge in [0.1, 0.15) is 5.82 Å². The van der Waals surface area contributed by atoms with E-state index in [0.29, 0.717) is 31.8 Å². The molecule has 0 aliphatic carbocycles. The molecule has 1 aliphatic heterocycles. The van der Waals surface area contributed by atoms with E-state index in [1.807, 2.05) is 24.8 Å². The number of anilines is 1. The number of ether oxygens (including phenoxy) is 1. The highest BCUT2D eigenvalue weighted by Gasteiger charge is 2.25. The van der Waals surface area contributed by atoms with Crippen LogP contribution in [0.15, 0.2) is 18.3 Å². The summed E-state index contributed by atoms with van der Waals surface area (Å²) in [4.78, 5) is 32.5. The first kappa shape index (κ1) is 22.2. The van der Waals surface area contributed by atoms with E-state index in [0.717, 1.165) is 18.8 Å². The number of aromatic nitrogens is 1. The van der Waals surface area contributed by atoms with Crippen molar-refractivity contribution < 1.29 is 14.3 Å². The minimum Gasteiger partial charge on any atom is -0.462 e. The molecule has 1 fully saturated rings. The van der Waals surface area contributed by atoms with Gasteiger partial charge in [-0.1, -0.05) is 13.8 Å². The summed E-state index contributed by atoms with van der Waals surface area (Å²) in [7, 11) is 0. The van der Waals surface area contributed by atoms with E-state index in [9.17, 15) is 9.59 Å². The number of halogens is 1. The number of pyridine rings is 1. The third-order valence-corrected chi connectivity index (χ3v) is 4.39. The monoisotopic (exact) mass is 384 g/mol. The van der Waals surface area contributed by atoms with Crippen molar-refractivity contribution in [3.63, 3.8) is 0 Å². The molecule has 0 bridgehead atoms. The summed E-state index contributed by atoms with van der Waals surface area (Å²) in [6.07, 6.45) is 2.40. The van der Waals surface area contributed by atoms with Crippen molar-refractivity contribution >= 4 is 30.1 Å². The number of nitrogens with zero attached hydrogens (tertiary/aromatic N) is 3. The van der Waals surface area contributed by atoms with Gasteiger partial charge in [-0.3, -0.25) is 4.79 Å². The van der Waals surface area contributed by atoms with Gasteiger partial charge in [0.2, 0.25) is 5.91 Å². The number of hydrogen-bond donors (Lipinski definition) is 1. The van der Waals surface area contributed by atoms with Crippen molar-refractivity contribution in [1.82, 2.24) is 9.88 Å². The van der Waals surface area contributed by atoms with Gasteiger partial charge in [0.25, 0.3) is 0 Å². The zero-order valence-electron chi connectivity index (χ0n) is 15.7. The Kier molecular flexibility index (Phi) is 8.81. The molecule has 2 heterocycles. The summed E-state index contributed by atoms with van der Waals surface area (Å²) >= 11 is 0.